The van der Waals surface area contributed by atoms with Gasteiger partial charge in [0, 0.05) is 30.9 Å². The van der Waals surface area contributed by atoms with Gasteiger partial charge in [0.1, 0.15) is 16.0 Å². The molecule has 0 unspecified atom stereocenters. The van der Waals surface area contributed by atoms with Gasteiger partial charge in [-0.2, -0.15) is 0 Å². The molecule has 144 valence electrons. The third-order valence-electron chi connectivity index (χ3n) is 4.43. The summed E-state index contributed by atoms with van der Waals surface area (Å²) >= 11 is 3.41. The van der Waals surface area contributed by atoms with E-state index >= 15 is 0 Å². The average Bonchev–Trinajstić information content (AvgIpc) is 2.70. The summed E-state index contributed by atoms with van der Waals surface area (Å²) in [4.78, 5) is 15.0. The van der Waals surface area contributed by atoms with Crippen LogP contribution in [0.5, 0.6) is 11.5 Å². The van der Waals surface area contributed by atoms with Crippen LogP contribution in [-0.4, -0.2) is 51.3 Å². The quantitative estimate of drug-likeness (QED) is 0.752. The number of hydrogen-bond acceptors (Lipinski definition) is 5. The van der Waals surface area contributed by atoms with Gasteiger partial charge in [0.2, 0.25) is 0 Å². The van der Waals surface area contributed by atoms with Crippen LogP contribution in [0.2, 0.25) is 0 Å². The normalized spacial score (nSPS) is 14.6. The molecular weight excluding hydrogens is 412 g/mol. The SMILES string of the molecule is COc1cc(C(=O)Nc2ccc(CN3CCOCC3)cc2)cc(OC)c1Br. The molecule has 27 heavy (non-hydrogen) atoms. The van der Waals surface area contributed by atoms with Crippen LogP contribution in [0, 0.1) is 0 Å². The van der Waals surface area contributed by atoms with Crippen LogP contribution in [0.25, 0.3) is 0 Å². The predicted molar refractivity (Wildman–Crippen MR) is 108 cm³/mol. The van der Waals surface area contributed by atoms with Crippen molar-refractivity contribution in [2.24, 2.45) is 0 Å². The maximum absolute atomic E-state index is 12.6. The second kappa shape index (κ2) is 9.21. The minimum atomic E-state index is -0.222. The molecular formula is C20H23BrN2O4. The number of nitrogens with zero attached hydrogens (tertiary/aromatic N) is 1. The Morgan fingerprint density at radius 2 is 1.70 bits per heavy atom. The first-order valence-electron chi connectivity index (χ1n) is 8.72. The second-order valence-corrected chi connectivity index (χ2v) is 7.03. The van der Waals surface area contributed by atoms with Gasteiger partial charge in [0.25, 0.3) is 5.91 Å². The molecule has 1 N–H and O–H groups in total. The number of amides is 1. The monoisotopic (exact) mass is 434 g/mol. The zero-order valence-electron chi connectivity index (χ0n) is 15.5. The van der Waals surface area contributed by atoms with Crippen molar-refractivity contribution in [2.75, 3.05) is 45.8 Å². The number of carbonyl (C=O) groups is 1. The number of rotatable bonds is 6. The van der Waals surface area contributed by atoms with Crippen molar-refractivity contribution in [3.05, 3.63) is 52.0 Å². The molecule has 1 fully saturated rings. The fraction of sp³-hybridized carbons (Fsp3) is 0.350. The molecule has 1 aliphatic rings. The Kier molecular flexibility index (Phi) is 6.71. The summed E-state index contributed by atoms with van der Waals surface area (Å²) in [5.74, 6) is 0.862. The number of morpholine rings is 1. The Bertz CT molecular complexity index is 764. The molecule has 1 saturated heterocycles. The fourth-order valence-electron chi connectivity index (χ4n) is 2.91. The van der Waals surface area contributed by atoms with Crippen LogP contribution in [0.3, 0.4) is 0 Å². The number of benzene rings is 2. The van der Waals surface area contributed by atoms with Crippen molar-refractivity contribution in [2.45, 2.75) is 6.54 Å². The van der Waals surface area contributed by atoms with E-state index < -0.39 is 0 Å². The number of nitrogens with one attached hydrogen (secondary N) is 1. The molecule has 7 heteroatoms. The summed E-state index contributed by atoms with van der Waals surface area (Å²) in [6, 6.07) is 11.3. The van der Waals surface area contributed by atoms with Gasteiger partial charge < -0.3 is 19.5 Å². The standard InChI is InChI=1S/C20H23BrN2O4/c1-25-17-11-15(12-18(26-2)19(17)21)20(24)22-16-5-3-14(4-6-16)13-23-7-9-27-10-8-23/h3-6,11-12H,7-10,13H2,1-2H3,(H,22,24). The van der Waals surface area contributed by atoms with Gasteiger partial charge in [-0.25, -0.2) is 0 Å². The molecule has 0 radical (unpaired) electrons. The summed E-state index contributed by atoms with van der Waals surface area (Å²) in [6.07, 6.45) is 0. The first-order chi connectivity index (χ1) is 13.1. The van der Waals surface area contributed by atoms with Gasteiger partial charge in [-0.1, -0.05) is 12.1 Å². The third-order valence-corrected chi connectivity index (χ3v) is 5.21. The maximum Gasteiger partial charge on any atom is 0.255 e. The number of anilines is 1. The molecule has 2 aromatic carbocycles. The van der Waals surface area contributed by atoms with E-state index in [0.717, 1.165) is 38.5 Å². The molecule has 0 aromatic heterocycles. The van der Waals surface area contributed by atoms with Gasteiger partial charge in [0.05, 0.1) is 27.4 Å². The summed E-state index contributed by atoms with van der Waals surface area (Å²) in [7, 11) is 3.10. The van der Waals surface area contributed by atoms with Crippen LogP contribution in [-0.2, 0) is 11.3 Å². The highest BCUT2D eigenvalue weighted by atomic mass is 79.9. The van der Waals surface area contributed by atoms with Crippen LogP contribution in [0.4, 0.5) is 5.69 Å². The summed E-state index contributed by atoms with van der Waals surface area (Å²) in [5, 5.41) is 2.91. The smallest absolute Gasteiger partial charge is 0.255 e. The Labute approximate surface area is 167 Å². The van der Waals surface area contributed by atoms with Gasteiger partial charge in [-0.05, 0) is 45.8 Å². The summed E-state index contributed by atoms with van der Waals surface area (Å²) in [5.41, 5.74) is 2.41. The van der Waals surface area contributed by atoms with E-state index in [-0.39, 0.29) is 5.91 Å². The van der Waals surface area contributed by atoms with Crippen molar-refractivity contribution < 1.29 is 19.0 Å². The van der Waals surface area contributed by atoms with E-state index in [4.69, 9.17) is 14.2 Å². The first kappa shape index (κ1) is 19.7. The summed E-state index contributed by atoms with van der Waals surface area (Å²) in [6.45, 7) is 4.36. The predicted octanol–water partition coefficient (Wildman–Crippen LogP) is 3.55. The minimum Gasteiger partial charge on any atom is -0.495 e. The largest absolute Gasteiger partial charge is 0.495 e. The minimum absolute atomic E-state index is 0.222. The lowest BCUT2D eigenvalue weighted by molar-refractivity contribution is 0.0342. The third kappa shape index (κ3) is 5.00. The molecule has 6 nitrogen and oxygen atoms in total. The molecule has 0 bridgehead atoms. The van der Waals surface area contributed by atoms with Crippen molar-refractivity contribution in [3.63, 3.8) is 0 Å². The van der Waals surface area contributed by atoms with Gasteiger partial charge in [-0.15, -0.1) is 0 Å². The molecule has 0 saturated carbocycles. The number of halogens is 1. The van der Waals surface area contributed by atoms with Crippen molar-refractivity contribution >= 4 is 27.5 Å². The molecule has 1 amide bonds. The second-order valence-electron chi connectivity index (χ2n) is 6.23. The van der Waals surface area contributed by atoms with Gasteiger partial charge in [0.15, 0.2) is 0 Å². The molecule has 0 atom stereocenters. The molecule has 1 heterocycles. The van der Waals surface area contributed by atoms with Crippen LogP contribution < -0.4 is 14.8 Å². The van der Waals surface area contributed by atoms with Crippen LogP contribution in [0.1, 0.15) is 15.9 Å². The topological polar surface area (TPSA) is 60.0 Å². The number of methoxy groups -OCH3 is 2. The zero-order chi connectivity index (χ0) is 19.2. The van der Waals surface area contributed by atoms with Crippen molar-refractivity contribution in [1.82, 2.24) is 4.90 Å². The Hall–Kier alpha value is -2.09. The highest BCUT2D eigenvalue weighted by molar-refractivity contribution is 9.10. The Balaban J connectivity index is 1.67. The highest BCUT2D eigenvalue weighted by Gasteiger charge is 2.15. The number of ether oxygens (including phenoxy) is 3. The Morgan fingerprint density at radius 3 is 2.26 bits per heavy atom. The van der Waals surface area contributed by atoms with E-state index in [2.05, 4.69) is 26.1 Å². The molecule has 3 rings (SSSR count). The number of hydrogen-bond donors (Lipinski definition) is 1. The lowest BCUT2D eigenvalue weighted by atomic mass is 10.1. The van der Waals surface area contributed by atoms with E-state index in [9.17, 15) is 4.79 Å². The van der Waals surface area contributed by atoms with Gasteiger partial charge in [-0.3, -0.25) is 9.69 Å². The van der Waals surface area contributed by atoms with E-state index in [0.29, 0.717) is 21.5 Å². The molecule has 2 aromatic rings. The van der Waals surface area contributed by atoms with Crippen molar-refractivity contribution in [1.29, 1.82) is 0 Å². The zero-order valence-corrected chi connectivity index (χ0v) is 17.0. The van der Waals surface area contributed by atoms with Gasteiger partial charge >= 0.3 is 0 Å². The average molecular weight is 435 g/mol. The lowest BCUT2D eigenvalue weighted by Gasteiger charge is -2.26. The van der Waals surface area contributed by atoms with E-state index in [1.54, 1.807) is 26.4 Å². The Morgan fingerprint density at radius 1 is 1.11 bits per heavy atom. The van der Waals surface area contributed by atoms with Crippen LogP contribution >= 0.6 is 15.9 Å². The maximum atomic E-state index is 12.6. The van der Waals surface area contributed by atoms with Crippen LogP contribution in [0.15, 0.2) is 40.9 Å². The fourth-order valence-corrected chi connectivity index (χ4v) is 3.47. The molecule has 0 spiro atoms. The highest BCUT2D eigenvalue weighted by Crippen LogP contribution is 2.35. The van der Waals surface area contributed by atoms with E-state index in [1.807, 2.05) is 24.3 Å². The summed E-state index contributed by atoms with van der Waals surface area (Å²) < 4.78 is 16.6. The lowest BCUT2D eigenvalue weighted by Crippen LogP contribution is -2.35. The number of carbonyl (C=O) groups excluding carboxylic acids is 1. The molecule has 0 aliphatic carbocycles. The molecule has 1 aliphatic heterocycles. The van der Waals surface area contributed by atoms with E-state index in [1.165, 1.54) is 5.56 Å². The van der Waals surface area contributed by atoms with Crippen molar-refractivity contribution in [3.8, 4) is 11.5 Å². The first-order valence-corrected chi connectivity index (χ1v) is 9.52.